The number of carbonyl (C=O) groups is 3. The van der Waals surface area contributed by atoms with Crippen LogP contribution in [0.5, 0.6) is 5.75 Å². The molecule has 1 N–H and O–H groups in total. The lowest BCUT2D eigenvalue weighted by Gasteiger charge is -2.26. The number of hydrogen-bond acceptors (Lipinski definition) is 4. The number of benzene rings is 3. The van der Waals surface area contributed by atoms with Crippen LogP contribution in [0, 0.1) is 11.6 Å². The second-order valence-electron chi connectivity index (χ2n) is 7.02. The molecule has 1 fully saturated rings. The van der Waals surface area contributed by atoms with E-state index in [0.717, 1.165) is 6.07 Å². The van der Waals surface area contributed by atoms with Crippen molar-refractivity contribution in [2.24, 2.45) is 0 Å². The topological polar surface area (TPSA) is 75.7 Å². The third kappa shape index (κ3) is 4.75. The van der Waals surface area contributed by atoms with E-state index in [0.29, 0.717) is 21.8 Å². The van der Waals surface area contributed by atoms with Gasteiger partial charge in [0.25, 0.3) is 11.8 Å². The molecule has 1 heterocycles. The molecule has 0 spiro atoms. The molecule has 1 aliphatic rings. The van der Waals surface area contributed by atoms with Gasteiger partial charge in [0.05, 0.1) is 10.7 Å². The van der Waals surface area contributed by atoms with Crippen LogP contribution in [0.1, 0.15) is 11.1 Å². The Hall–Kier alpha value is -4.04. The summed E-state index contributed by atoms with van der Waals surface area (Å²) in [7, 11) is 0. The number of ether oxygens (including phenoxy) is 1. The van der Waals surface area contributed by atoms with Gasteiger partial charge in [-0.3, -0.25) is 14.9 Å². The van der Waals surface area contributed by atoms with E-state index in [1.165, 1.54) is 48.5 Å². The van der Waals surface area contributed by atoms with Crippen molar-refractivity contribution in [3.63, 3.8) is 0 Å². The van der Waals surface area contributed by atoms with Gasteiger partial charge in [0, 0.05) is 0 Å². The minimum Gasteiger partial charge on any atom is -0.487 e. The predicted molar refractivity (Wildman–Crippen MR) is 118 cm³/mol. The fraction of sp³-hybridized carbons (Fsp3) is 0.0417. The number of halogens is 3. The average Bonchev–Trinajstić information content (AvgIpc) is 2.77. The molecule has 0 unspecified atom stereocenters. The SMILES string of the molecule is O=C1NC(=O)N(c2ccccc2F)C(=O)/C1=C\c1ccc(OCc2cccc(F)c2)c(Cl)c1. The Bertz CT molecular complexity index is 1310. The van der Waals surface area contributed by atoms with Crippen LogP contribution < -0.4 is 15.0 Å². The van der Waals surface area contributed by atoms with E-state index >= 15 is 0 Å². The molecule has 0 aliphatic carbocycles. The third-order valence-electron chi connectivity index (χ3n) is 4.75. The zero-order valence-electron chi connectivity index (χ0n) is 16.8. The standard InChI is InChI=1S/C24H15ClF2N2O4/c25-18-12-14(8-9-21(18)33-13-15-4-3-5-16(26)10-15)11-17-22(30)28-24(32)29(23(17)31)20-7-2-1-6-19(20)27/h1-12H,13H2,(H,28,30,32)/b17-11-. The summed E-state index contributed by atoms with van der Waals surface area (Å²) in [5.74, 6) is -2.76. The molecule has 4 amide bonds. The molecule has 0 radical (unpaired) electrons. The number of hydrogen-bond donors (Lipinski definition) is 1. The molecule has 0 atom stereocenters. The molecule has 0 bridgehead atoms. The summed E-state index contributed by atoms with van der Waals surface area (Å²) in [6, 6.07) is 14.6. The van der Waals surface area contributed by atoms with Gasteiger partial charge in [-0.2, -0.15) is 0 Å². The zero-order valence-corrected chi connectivity index (χ0v) is 17.6. The molecular formula is C24H15ClF2N2O4. The van der Waals surface area contributed by atoms with Crippen molar-refractivity contribution in [2.75, 3.05) is 4.90 Å². The van der Waals surface area contributed by atoms with Gasteiger partial charge >= 0.3 is 6.03 Å². The summed E-state index contributed by atoms with van der Waals surface area (Å²) in [5.41, 5.74) is 0.332. The predicted octanol–water partition coefficient (Wildman–Crippen LogP) is 4.86. The molecule has 3 aromatic rings. The number of anilines is 1. The second-order valence-corrected chi connectivity index (χ2v) is 7.42. The number of carbonyl (C=O) groups excluding carboxylic acids is 3. The smallest absolute Gasteiger partial charge is 0.336 e. The van der Waals surface area contributed by atoms with Crippen molar-refractivity contribution in [1.29, 1.82) is 0 Å². The minimum atomic E-state index is -1.05. The Labute approximate surface area is 192 Å². The van der Waals surface area contributed by atoms with Gasteiger partial charge in [-0.15, -0.1) is 0 Å². The van der Waals surface area contributed by atoms with Crippen molar-refractivity contribution in [3.05, 3.63) is 100 Å². The van der Waals surface area contributed by atoms with Crippen LogP contribution in [0.25, 0.3) is 6.08 Å². The number of nitrogens with zero attached hydrogens (tertiary/aromatic N) is 1. The van der Waals surface area contributed by atoms with Crippen molar-refractivity contribution < 1.29 is 27.9 Å². The molecule has 9 heteroatoms. The lowest BCUT2D eigenvalue weighted by Crippen LogP contribution is -2.54. The van der Waals surface area contributed by atoms with Gasteiger partial charge in [0.15, 0.2) is 0 Å². The van der Waals surface area contributed by atoms with Crippen LogP contribution in [0.3, 0.4) is 0 Å². The van der Waals surface area contributed by atoms with Gasteiger partial charge in [-0.05, 0) is 53.6 Å². The van der Waals surface area contributed by atoms with E-state index in [1.54, 1.807) is 18.2 Å². The number of barbiturate groups is 1. The lowest BCUT2D eigenvalue weighted by atomic mass is 10.1. The number of para-hydroxylation sites is 1. The fourth-order valence-corrected chi connectivity index (χ4v) is 3.43. The fourth-order valence-electron chi connectivity index (χ4n) is 3.19. The summed E-state index contributed by atoms with van der Waals surface area (Å²) in [6.07, 6.45) is 1.24. The maximum atomic E-state index is 14.2. The molecule has 1 saturated heterocycles. The number of rotatable bonds is 5. The van der Waals surface area contributed by atoms with E-state index in [4.69, 9.17) is 16.3 Å². The summed E-state index contributed by atoms with van der Waals surface area (Å²) >= 11 is 6.26. The molecule has 33 heavy (non-hydrogen) atoms. The van der Waals surface area contributed by atoms with Gasteiger partial charge in [-0.25, -0.2) is 18.5 Å². The van der Waals surface area contributed by atoms with Crippen molar-refractivity contribution in [3.8, 4) is 5.75 Å². The van der Waals surface area contributed by atoms with E-state index < -0.39 is 23.7 Å². The second kappa shape index (κ2) is 9.22. The zero-order chi connectivity index (χ0) is 23.5. The molecule has 166 valence electrons. The summed E-state index contributed by atoms with van der Waals surface area (Å²) < 4.78 is 33.1. The Morgan fingerprint density at radius 2 is 1.76 bits per heavy atom. The van der Waals surface area contributed by atoms with E-state index in [-0.39, 0.29) is 28.7 Å². The first kappa shape index (κ1) is 22.2. The average molecular weight is 469 g/mol. The summed E-state index contributed by atoms with van der Waals surface area (Å²) in [4.78, 5) is 37.9. The maximum absolute atomic E-state index is 14.2. The highest BCUT2D eigenvalue weighted by Crippen LogP contribution is 2.29. The number of amides is 4. The first-order valence-electron chi connectivity index (χ1n) is 9.66. The maximum Gasteiger partial charge on any atom is 0.336 e. The summed E-state index contributed by atoms with van der Waals surface area (Å²) in [5, 5.41) is 2.22. The van der Waals surface area contributed by atoms with Crippen molar-refractivity contribution >= 4 is 41.2 Å². The lowest BCUT2D eigenvalue weighted by molar-refractivity contribution is -0.122. The van der Waals surface area contributed by atoms with Crippen molar-refractivity contribution in [1.82, 2.24) is 5.32 Å². The van der Waals surface area contributed by atoms with Crippen LogP contribution >= 0.6 is 11.6 Å². The molecule has 6 nitrogen and oxygen atoms in total. The highest BCUT2D eigenvalue weighted by atomic mass is 35.5. The Morgan fingerprint density at radius 3 is 2.48 bits per heavy atom. The van der Waals surface area contributed by atoms with Crippen molar-refractivity contribution in [2.45, 2.75) is 6.61 Å². The van der Waals surface area contributed by atoms with Gasteiger partial charge in [-0.1, -0.05) is 41.9 Å². The molecule has 3 aromatic carbocycles. The van der Waals surface area contributed by atoms with E-state index in [9.17, 15) is 23.2 Å². The first-order chi connectivity index (χ1) is 15.8. The number of urea groups is 1. The molecular weight excluding hydrogens is 454 g/mol. The Kier molecular flexibility index (Phi) is 6.19. The van der Waals surface area contributed by atoms with Gasteiger partial charge in [0.1, 0.15) is 29.6 Å². The van der Waals surface area contributed by atoms with E-state index in [2.05, 4.69) is 0 Å². The molecule has 0 aromatic heterocycles. The van der Waals surface area contributed by atoms with Crippen LogP contribution in [-0.4, -0.2) is 17.8 Å². The van der Waals surface area contributed by atoms with Gasteiger partial charge in [0.2, 0.25) is 0 Å². The highest BCUT2D eigenvalue weighted by Gasteiger charge is 2.37. The van der Waals surface area contributed by atoms with Crippen LogP contribution in [0.2, 0.25) is 5.02 Å². The normalized spacial score (nSPS) is 15.1. The van der Waals surface area contributed by atoms with Gasteiger partial charge < -0.3 is 4.74 Å². The Morgan fingerprint density at radius 1 is 0.970 bits per heavy atom. The van der Waals surface area contributed by atoms with Crippen LogP contribution in [0.4, 0.5) is 19.3 Å². The number of nitrogens with one attached hydrogen (secondary N) is 1. The first-order valence-corrected chi connectivity index (χ1v) is 10.0. The van der Waals surface area contributed by atoms with Crippen LogP contribution in [0.15, 0.2) is 72.3 Å². The quantitative estimate of drug-likeness (QED) is 0.428. The molecule has 1 aliphatic heterocycles. The molecule has 4 rings (SSSR count). The largest absolute Gasteiger partial charge is 0.487 e. The minimum absolute atomic E-state index is 0.0819. The summed E-state index contributed by atoms with van der Waals surface area (Å²) in [6.45, 7) is 0.0819. The highest BCUT2D eigenvalue weighted by molar-refractivity contribution is 6.39. The number of imide groups is 2. The Balaban J connectivity index is 1.57. The van der Waals surface area contributed by atoms with Crippen LogP contribution in [-0.2, 0) is 16.2 Å². The third-order valence-corrected chi connectivity index (χ3v) is 5.04. The molecule has 0 saturated carbocycles. The monoisotopic (exact) mass is 468 g/mol. The van der Waals surface area contributed by atoms with E-state index in [1.807, 2.05) is 5.32 Å².